The van der Waals surface area contributed by atoms with E-state index in [0.717, 1.165) is 73.3 Å². The van der Waals surface area contributed by atoms with Crippen LogP contribution < -0.4 is 0 Å². The molecular weight excluding hydrogens is 438 g/mol. The highest BCUT2D eigenvalue weighted by Crippen LogP contribution is 2.35. The Hall–Kier alpha value is -2.96. The molecule has 0 spiro atoms. The van der Waals surface area contributed by atoms with E-state index in [0.29, 0.717) is 23.9 Å². The minimum absolute atomic E-state index is 0.0618. The van der Waals surface area contributed by atoms with Crippen LogP contribution in [0.5, 0.6) is 0 Å². The van der Waals surface area contributed by atoms with Gasteiger partial charge in [0.1, 0.15) is 0 Å². The van der Waals surface area contributed by atoms with Crippen molar-refractivity contribution >= 4 is 22.7 Å². The number of carbonyl (C=O) groups excluding carboxylic acids is 2. The number of carbonyl (C=O) groups is 2. The SMILES string of the molecule is COC(=O)c1ccc(Cn2c3c(c4ccccc42)C(=O)C(CN2CCN(C(C)C)CC2)CC3)cc1. The van der Waals surface area contributed by atoms with Crippen molar-refractivity contribution in [1.82, 2.24) is 14.4 Å². The van der Waals surface area contributed by atoms with E-state index in [-0.39, 0.29) is 11.9 Å². The largest absolute Gasteiger partial charge is 0.465 e. The number of esters is 1. The molecule has 1 aliphatic carbocycles. The highest BCUT2D eigenvalue weighted by atomic mass is 16.5. The number of nitrogens with zero attached hydrogens (tertiary/aromatic N) is 3. The van der Waals surface area contributed by atoms with Gasteiger partial charge in [-0.15, -0.1) is 0 Å². The predicted molar refractivity (Wildman–Crippen MR) is 138 cm³/mol. The minimum atomic E-state index is -0.331. The van der Waals surface area contributed by atoms with Crippen molar-refractivity contribution in [3.05, 3.63) is 70.9 Å². The molecule has 0 radical (unpaired) electrons. The van der Waals surface area contributed by atoms with E-state index in [2.05, 4.69) is 40.3 Å². The normalized spacial score (nSPS) is 19.3. The van der Waals surface area contributed by atoms with Crippen LogP contribution >= 0.6 is 0 Å². The molecular formula is C29H35N3O3. The summed E-state index contributed by atoms with van der Waals surface area (Å²) < 4.78 is 7.12. The standard InChI is InChI=1S/C29H35N3O3/c1-20(2)31-16-14-30(15-17-31)19-23-12-13-26-27(28(23)33)24-6-4-5-7-25(24)32(26)18-21-8-10-22(11-9-21)29(34)35-3/h4-11,20,23H,12-19H2,1-3H3. The molecule has 0 N–H and O–H groups in total. The molecule has 1 atom stereocenters. The first-order chi connectivity index (χ1) is 17.0. The van der Waals surface area contributed by atoms with Gasteiger partial charge in [0.25, 0.3) is 0 Å². The van der Waals surface area contributed by atoms with E-state index < -0.39 is 0 Å². The van der Waals surface area contributed by atoms with Gasteiger partial charge in [-0.05, 0) is 50.5 Å². The number of rotatable bonds is 6. The van der Waals surface area contributed by atoms with Crippen LogP contribution in [-0.2, 0) is 17.7 Å². The first-order valence-electron chi connectivity index (χ1n) is 12.7. The summed E-state index contributed by atoms with van der Waals surface area (Å²) in [7, 11) is 1.39. The number of methoxy groups -OCH3 is 1. The average Bonchev–Trinajstić information content (AvgIpc) is 3.20. The maximum atomic E-state index is 13.8. The second-order valence-corrected chi connectivity index (χ2v) is 10.1. The number of para-hydroxylation sites is 1. The van der Waals surface area contributed by atoms with Gasteiger partial charge < -0.3 is 14.2 Å². The van der Waals surface area contributed by atoms with Crippen LogP contribution in [0.2, 0.25) is 0 Å². The molecule has 1 aromatic heterocycles. The third kappa shape index (κ3) is 4.65. The lowest BCUT2D eigenvalue weighted by atomic mass is 9.84. The fraction of sp³-hybridized carbons (Fsp3) is 0.448. The number of hydrogen-bond acceptors (Lipinski definition) is 5. The van der Waals surface area contributed by atoms with Crippen molar-refractivity contribution in [2.24, 2.45) is 5.92 Å². The maximum absolute atomic E-state index is 13.8. The smallest absolute Gasteiger partial charge is 0.337 e. The van der Waals surface area contributed by atoms with Gasteiger partial charge in [-0.3, -0.25) is 9.69 Å². The first kappa shape index (κ1) is 23.8. The van der Waals surface area contributed by atoms with Gasteiger partial charge in [0.05, 0.1) is 12.7 Å². The Bertz CT molecular complexity index is 1220. The molecule has 1 aliphatic heterocycles. The molecule has 0 saturated carbocycles. The van der Waals surface area contributed by atoms with Gasteiger partial charge in [0.2, 0.25) is 0 Å². The average molecular weight is 474 g/mol. The summed E-state index contributed by atoms with van der Waals surface area (Å²) in [5, 5.41) is 1.06. The summed E-state index contributed by atoms with van der Waals surface area (Å²) in [6.07, 6.45) is 1.81. The molecule has 1 fully saturated rings. The molecule has 6 nitrogen and oxygen atoms in total. The molecule has 1 saturated heterocycles. The van der Waals surface area contributed by atoms with Crippen molar-refractivity contribution in [2.45, 2.75) is 39.3 Å². The Morgan fingerprint density at radius 3 is 2.43 bits per heavy atom. The number of Topliss-reactive ketones (excluding diaryl/α,β-unsaturated/α-hetero) is 1. The van der Waals surface area contributed by atoms with Crippen LogP contribution in [0.4, 0.5) is 0 Å². The topological polar surface area (TPSA) is 54.8 Å². The zero-order valence-corrected chi connectivity index (χ0v) is 21.0. The molecule has 2 heterocycles. The molecule has 0 amide bonds. The quantitative estimate of drug-likeness (QED) is 0.501. The predicted octanol–water partition coefficient (Wildman–Crippen LogP) is 4.25. The number of hydrogen-bond donors (Lipinski definition) is 0. The fourth-order valence-corrected chi connectivity index (χ4v) is 5.71. The third-order valence-electron chi connectivity index (χ3n) is 7.76. The number of piperazine rings is 1. The highest BCUT2D eigenvalue weighted by molar-refractivity contribution is 6.11. The van der Waals surface area contributed by atoms with Gasteiger partial charge in [-0.1, -0.05) is 30.3 Å². The van der Waals surface area contributed by atoms with Crippen LogP contribution in [0.25, 0.3) is 10.9 Å². The van der Waals surface area contributed by atoms with E-state index in [4.69, 9.17) is 4.74 Å². The lowest BCUT2D eigenvalue weighted by Crippen LogP contribution is -2.50. The Morgan fingerprint density at radius 1 is 1.03 bits per heavy atom. The summed E-state index contributed by atoms with van der Waals surface area (Å²) in [5.41, 5.74) is 4.81. The number of ether oxygens (including phenoxy) is 1. The molecule has 35 heavy (non-hydrogen) atoms. The van der Waals surface area contributed by atoms with Crippen molar-refractivity contribution in [2.75, 3.05) is 39.8 Å². The molecule has 5 rings (SSSR count). The minimum Gasteiger partial charge on any atom is -0.465 e. The molecule has 184 valence electrons. The summed E-state index contributed by atoms with van der Waals surface area (Å²) in [6, 6.07) is 16.4. The molecule has 2 aromatic carbocycles. The zero-order chi connectivity index (χ0) is 24.5. The van der Waals surface area contributed by atoms with Crippen LogP contribution in [0.3, 0.4) is 0 Å². The Balaban J connectivity index is 1.38. The second-order valence-electron chi connectivity index (χ2n) is 10.1. The second kappa shape index (κ2) is 9.96. The van der Waals surface area contributed by atoms with Gasteiger partial charge in [0.15, 0.2) is 5.78 Å². The number of benzene rings is 2. The number of aromatic nitrogens is 1. The number of fused-ring (bicyclic) bond motifs is 3. The monoisotopic (exact) mass is 473 g/mol. The van der Waals surface area contributed by atoms with E-state index in [9.17, 15) is 9.59 Å². The van der Waals surface area contributed by atoms with Crippen LogP contribution in [0.1, 0.15) is 52.2 Å². The van der Waals surface area contributed by atoms with Crippen LogP contribution in [0, 0.1) is 5.92 Å². The summed E-state index contributed by atoms with van der Waals surface area (Å²) >= 11 is 0. The van der Waals surface area contributed by atoms with Crippen molar-refractivity contribution in [3.63, 3.8) is 0 Å². The molecule has 1 unspecified atom stereocenters. The Morgan fingerprint density at radius 2 is 1.74 bits per heavy atom. The summed E-state index contributed by atoms with van der Waals surface area (Å²) in [6.45, 7) is 10.3. The zero-order valence-electron chi connectivity index (χ0n) is 21.0. The highest BCUT2D eigenvalue weighted by Gasteiger charge is 2.34. The number of ketones is 1. The van der Waals surface area contributed by atoms with Gasteiger partial charge in [-0.2, -0.15) is 0 Å². The van der Waals surface area contributed by atoms with E-state index in [1.54, 1.807) is 12.1 Å². The molecule has 3 aromatic rings. The lowest BCUT2D eigenvalue weighted by molar-refractivity contribution is 0.0600. The fourth-order valence-electron chi connectivity index (χ4n) is 5.71. The van der Waals surface area contributed by atoms with Crippen LogP contribution in [0.15, 0.2) is 48.5 Å². The van der Waals surface area contributed by atoms with E-state index >= 15 is 0 Å². The molecule has 2 aliphatic rings. The Kier molecular flexibility index (Phi) is 6.76. The lowest BCUT2D eigenvalue weighted by Gasteiger charge is -2.38. The third-order valence-corrected chi connectivity index (χ3v) is 7.76. The molecule has 6 heteroatoms. The Labute approximate surface area is 207 Å². The summed E-state index contributed by atoms with van der Waals surface area (Å²) in [5.74, 6) is 0.0304. The summed E-state index contributed by atoms with van der Waals surface area (Å²) in [4.78, 5) is 30.6. The molecule has 0 bridgehead atoms. The van der Waals surface area contributed by atoms with E-state index in [1.807, 2.05) is 24.3 Å². The van der Waals surface area contributed by atoms with Crippen molar-refractivity contribution in [1.29, 1.82) is 0 Å². The van der Waals surface area contributed by atoms with Crippen LogP contribution in [-0.4, -0.2) is 72.0 Å². The van der Waals surface area contributed by atoms with E-state index in [1.165, 1.54) is 7.11 Å². The van der Waals surface area contributed by atoms with Gasteiger partial charge >= 0.3 is 5.97 Å². The first-order valence-corrected chi connectivity index (χ1v) is 12.7. The van der Waals surface area contributed by atoms with Crippen molar-refractivity contribution < 1.29 is 14.3 Å². The van der Waals surface area contributed by atoms with Crippen molar-refractivity contribution in [3.8, 4) is 0 Å². The van der Waals surface area contributed by atoms with Gasteiger partial charge in [0, 0.05) is 73.4 Å². The van der Waals surface area contributed by atoms with Gasteiger partial charge in [-0.25, -0.2) is 4.79 Å². The maximum Gasteiger partial charge on any atom is 0.337 e.